The predicted molar refractivity (Wildman–Crippen MR) is 99.1 cm³/mol. The molecular formula is C20H22N4O. The number of hydrogen-bond donors (Lipinski definition) is 0. The summed E-state index contributed by atoms with van der Waals surface area (Å²) >= 11 is 0. The van der Waals surface area contributed by atoms with Gasteiger partial charge >= 0.3 is 0 Å². The molecule has 1 aliphatic rings. The maximum Gasteiger partial charge on any atom is 0.253 e. The first-order valence-electron chi connectivity index (χ1n) is 8.62. The molecule has 0 N–H and O–H groups in total. The van der Waals surface area contributed by atoms with Gasteiger partial charge in [-0.05, 0) is 56.9 Å². The van der Waals surface area contributed by atoms with Crippen molar-refractivity contribution in [2.45, 2.75) is 12.5 Å². The molecule has 0 radical (unpaired) electrons. The zero-order valence-corrected chi connectivity index (χ0v) is 14.6. The van der Waals surface area contributed by atoms with Gasteiger partial charge in [-0.1, -0.05) is 12.1 Å². The average molecular weight is 334 g/mol. The molecule has 5 nitrogen and oxygen atoms in total. The smallest absolute Gasteiger partial charge is 0.253 e. The second-order valence-corrected chi connectivity index (χ2v) is 6.81. The zero-order valence-electron chi connectivity index (χ0n) is 14.6. The van der Waals surface area contributed by atoms with Gasteiger partial charge in [-0.3, -0.25) is 9.36 Å². The van der Waals surface area contributed by atoms with Crippen LogP contribution in [-0.4, -0.2) is 58.5 Å². The van der Waals surface area contributed by atoms with Gasteiger partial charge in [0, 0.05) is 30.4 Å². The largest absolute Gasteiger partial charge is 0.337 e. The van der Waals surface area contributed by atoms with Crippen LogP contribution in [0, 0.1) is 0 Å². The van der Waals surface area contributed by atoms with Crippen molar-refractivity contribution in [3.05, 3.63) is 60.4 Å². The summed E-state index contributed by atoms with van der Waals surface area (Å²) in [7, 11) is 4.14. The molecule has 1 unspecified atom stereocenters. The van der Waals surface area contributed by atoms with Gasteiger partial charge in [-0.15, -0.1) is 0 Å². The maximum atomic E-state index is 12.7. The first kappa shape index (κ1) is 15.8. The summed E-state index contributed by atoms with van der Waals surface area (Å²) < 4.78 is 2.04. The number of hydrogen-bond acceptors (Lipinski definition) is 3. The summed E-state index contributed by atoms with van der Waals surface area (Å²) in [5, 5.41) is 0. The van der Waals surface area contributed by atoms with E-state index in [2.05, 4.69) is 24.0 Å². The number of carbonyl (C=O) groups is 1. The molecule has 128 valence electrons. The van der Waals surface area contributed by atoms with Gasteiger partial charge in [0.25, 0.3) is 5.91 Å². The Hall–Kier alpha value is -2.66. The van der Waals surface area contributed by atoms with Crippen molar-refractivity contribution in [1.29, 1.82) is 0 Å². The highest BCUT2D eigenvalue weighted by molar-refractivity contribution is 5.94. The fourth-order valence-corrected chi connectivity index (χ4v) is 3.46. The van der Waals surface area contributed by atoms with Crippen LogP contribution < -0.4 is 0 Å². The first-order valence-corrected chi connectivity index (χ1v) is 8.62. The zero-order chi connectivity index (χ0) is 17.4. The fourth-order valence-electron chi connectivity index (χ4n) is 3.46. The van der Waals surface area contributed by atoms with Crippen LogP contribution in [0.25, 0.3) is 16.7 Å². The lowest BCUT2D eigenvalue weighted by molar-refractivity contribution is 0.0783. The van der Waals surface area contributed by atoms with Gasteiger partial charge in [-0.2, -0.15) is 0 Å². The van der Waals surface area contributed by atoms with E-state index in [0.29, 0.717) is 6.04 Å². The van der Waals surface area contributed by atoms with Crippen LogP contribution in [0.4, 0.5) is 0 Å². The quantitative estimate of drug-likeness (QED) is 0.740. The van der Waals surface area contributed by atoms with Gasteiger partial charge < -0.3 is 9.80 Å². The molecule has 1 amide bonds. The van der Waals surface area contributed by atoms with Crippen molar-refractivity contribution >= 4 is 16.9 Å². The Balaban J connectivity index is 1.55. The van der Waals surface area contributed by atoms with E-state index in [4.69, 9.17) is 0 Å². The van der Waals surface area contributed by atoms with Gasteiger partial charge in [0.1, 0.15) is 6.33 Å². The van der Waals surface area contributed by atoms with Crippen molar-refractivity contribution in [1.82, 2.24) is 19.4 Å². The standard InChI is InChI=1S/C20H22N4O/c1-22(2)17-11-12-23(13-17)20(25)15-7-9-16(10-8-15)24-14-21-18-5-3-4-6-19(18)24/h3-10,14,17H,11-13H2,1-2H3. The molecule has 1 fully saturated rings. The highest BCUT2D eigenvalue weighted by atomic mass is 16.2. The van der Waals surface area contributed by atoms with Crippen LogP contribution in [0.5, 0.6) is 0 Å². The number of imidazole rings is 1. The van der Waals surface area contributed by atoms with E-state index >= 15 is 0 Å². The molecule has 5 heteroatoms. The van der Waals surface area contributed by atoms with Crippen molar-refractivity contribution in [2.75, 3.05) is 27.2 Å². The molecule has 25 heavy (non-hydrogen) atoms. The van der Waals surface area contributed by atoms with E-state index in [1.165, 1.54) is 0 Å². The number of para-hydroxylation sites is 2. The number of likely N-dealkylation sites (N-methyl/N-ethyl adjacent to an activating group) is 1. The molecule has 0 aliphatic carbocycles. The monoisotopic (exact) mass is 334 g/mol. The van der Waals surface area contributed by atoms with Crippen LogP contribution in [-0.2, 0) is 0 Å². The molecular weight excluding hydrogens is 312 g/mol. The van der Waals surface area contributed by atoms with Crippen LogP contribution >= 0.6 is 0 Å². The number of nitrogens with zero attached hydrogens (tertiary/aromatic N) is 4. The second-order valence-electron chi connectivity index (χ2n) is 6.81. The molecule has 4 rings (SSSR count). The van der Waals surface area contributed by atoms with E-state index < -0.39 is 0 Å². The fraction of sp³-hybridized carbons (Fsp3) is 0.300. The highest BCUT2D eigenvalue weighted by Gasteiger charge is 2.27. The summed E-state index contributed by atoms with van der Waals surface area (Å²) in [5.74, 6) is 0.117. The molecule has 1 atom stereocenters. The number of benzene rings is 2. The molecule has 1 aliphatic heterocycles. The summed E-state index contributed by atoms with van der Waals surface area (Å²) in [5.41, 5.74) is 3.79. The number of aromatic nitrogens is 2. The van der Waals surface area contributed by atoms with Crippen molar-refractivity contribution in [2.24, 2.45) is 0 Å². The minimum absolute atomic E-state index is 0.117. The van der Waals surface area contributed by atoms with Gasteiger partial charge in [0.15, 0.2) is 0 Å². The lowest BCUT2D eigenvalue weighted by atomic mass is 10.1. The molecule has 2 heterocycles. The Labute approximate surface area is 147 Å². The molecule has 0 bridgehead atoms. The predicted octanol–water partition coefficient (Wildman–Crippen LogP) is 2.80. The van der Waals surface area contributed by atoms with Crippen LogP contribution in [0.3, 0.4) is 0 Å². The summed E-state index contributed by atoms with van der Waals surface area (Å²) in [4.78, 5) is 21.3. The minimum Gasteiger partial charge on any atom is -0.337 e. The number of carbonyl (C=O) groups excluding carboxylic acids is 1. The molecule has 2 aromatic carbocycles. The third-order valence-corrected chi connectivity index (χ3v) is 5.03. The number of likely N-dealkylation sites (tertiary alicyclic amines) is 1. The molecule has 1 saturated heterocycles. The van der Waals surface area contributed by atoms with Crippen LogP contribution in [0.2, 0.25) is 0 Å². The molecule has 1 aromatic heterocycles. The van der Waals surface area contributed by atoms with E-state index in [0.717, 1.165) is 41.8 Å². The van der Waals surface area contributed by atoms with Crippen LogP contribution in [0.15, 0.2) is 54.9 Å². The maximum absolute atomic E-state index is 12.7. The third kappa shape index (κ3) is 2.91. The SMILES string of the molecule is CN(C)C1CCN(C(=O)c2ccc(-n3cnc4ccccc43)cc2)C1. The minimum atomic E-state index is 0.117. The van der Waals surface area contributed by atoms with E-state index in [9.17, 15) is 4.79 Å². The summed E-state index contributed by atoms with van der Waals surface area (Å²) in [6, 6.07) is 16.3. The lowest BCUT2D eigenvalue weighted by Crippen LogP contribution is -2.34. The summed E-state index contributed by atoms with van der Waals surface area (Å²) in [6.07, 6.45) is 2.86. The van der Waals surface area contributed by atoms with E-state index in [1.54, 1.807) is 0 Å². The van der Waals surface area contributed by atoms with Crippen molar-refractivity contribution < 1.29 is 4.79 Å². The molecule has 0 saturated carbocycles. The number of amides is 1. The molecule has 0 spiro atoms. The Morgan fingerprint density at radius 3 is 2.60 bits per heavy atom. The Morgan fingerprint density at radius 1 is 1.12 bits per heavy atom. The van der Waals surface area contributed by atoms with Gasteiger partial charge in [0.05, 0.1) is 11.0 Å². The number of fused-ring (bicyclic) bond motifs is 1. The van der Waals surface area contributed by atoms with E-state index in [-0.39, 0.29) is 5.91 Å². The highest BCUT2D eigenvalue weighted by Crippen LogP contribution is 2.20. The van der Waals surface area contributed by atoms with E-state index in [1.807, 2.05) is 64.3 Å². The lowest BCUT2D eigenvalue weighted by Gasteiger charge is -2.20. The van der Waals surface area contributed by atoms with Crippen molar-refractivity contribution in [3.63, 3.8) is 0 Å². The third-order valence-electron chi connectivity index (χ3n) is 5.03. The Morgan fingerprint density at radius 2 is 1.88 bits per heavy atom. The molecule has 3 aromatic rings. The van der Waals surface area contributed by atoms with Gasteiger partial charge in [-0.25, -0.2) is 4.98 Å². The first-order chi connectivity index (χ1) is 12.1. The van der Waals surface area contributed by atoms with Crippen molar-refractivity contribution in [3.8, 4) is 5.69 Å². The topological polar surface area (TPSA) is 41.4 Å². The normalized spacial score (nSPS) is 17.6. The second kappa shape index (κ2) is 6.33. The number of rotatable bonds is 3. The summed E-state index contributed by atoms with van der Waals surface area (Å²) in [6.45, 7) is 1.63. The average Bonchev–Trinajstić information content (AvgIpc) is 3.29. The van der Waals surface area contributed by atoms with Crippen LogP contribution in [0.1, 0.15) is 16.8 Å². The Bertz CT molecular complexity index is 897. The van der Waals surface area contributed by atoms with Gasteiger partial charge in [0.2, 0.25) is 0 Å². The Kier molecular flexibility index (Phi) is 4.01.